The molecule has 148 valence electrons. The maximum Gasteiger partial charge on any atom is 0.225 e. The molecule has 0 aliphatic carbocycles. The van der Waals surface area contributed by atoms with Gasteiger partial charge in [-0.25, -0.2) is 0 Å². The van der Waals surface area contributed by atoms with Crippen molar-refractivity contribution in [3.8, 4) is 5.88 Å². The van der Waals surface area contributed by atoms with E-state index in [0.717, 1.165) is 29.9 Å². The molecule has 1 saturated heterocycles. The Bertz CT molecular complexity index is 888. The molecule has 1 aromatic carbocycles. The highest BCUT2D eigenvalue weighted by Gasteiger charge is 2.44. The molecule has 9 nitrogen and oxygen atoms in total. The molecule has 3 heterocycles. The van der Waals surface area contributed by atoms with Crippen LogP contribution in [0.5, 0.6) is 5.88 Å². The summed E-state index contributed by atoms with van der Waals surface area (Å²) >= 11 is 0. The maximum atomic E-state index is 11.2. The van der Waals surface area contributed by atoms with Crippen LogP contribution in [0.3, 0.4) is 0 Å². The molecule has 2 aromatic rings. The molecule has 2 aliphatic heterocycles. The zero-order valence-corrected chi connectivity index (χ0v) is 15.8. The van der Waals surface area contributed by atoms with E-state index in [4.69, 9.17) is 20.9 Å². The third-order valence-electron chi connectivity index (χ3n) is 4.94. The van der Waals surface area contributed by atoms with Crippen molar-refractivity contribution in [3.05, 3.63) is 35.4 Å². The van der Waals surface area contributed by atoms with Crippen LogP contribution in [-0.2, 0) is 22.5 Å². The molecule has 0 saturated carbocycles. The number of nitrogens with one attached hydrogen (secondary N) is 1. The number of ether oxygens (including phenoxy) is 2. The van der Waals surface area contributed by atoms with Gasteiger partial charge in [0.05, 0.1) is 18.8 Å². The van der Waals surface area contributed by atoms with Gasteiger partial charge < -0.3 is 26.3 Å². The molecule has 1 unspecified atom stereocenters. The smallest absolute Gasteiger partial charge is 0.225 e. The van der Waals surface area contributed by atoms with Crippen LogP contribution in [0, 0.1) is 0 Å². The van der Waals surface area contributed by atoms with E-state index in [1.54, 1.807) is 0 Å². The number of rotatable bonds is 3. The summed E-state index contributed by atoms with van der Waals surface area (Å²) in [6.07, 6.45) is 0.590. The summed E-state index contributed by atoms with van der Waals surface area (Å²) in [6, 6.07) is 7.83. The van der Waals surface area contributed by atoms with E-state index in [1.807, 2.05) is 24.3 Å². The van der Waals surface area contributed by atoms with Gasteiger partial charge in [-0.1, -0.05) is 12.1 Å². The van der Waals surface area contributed by atoms with Crippen LogP contribution in [0.2, 0.25) is 0 Å². The largest absolute Gasteiger partial charge is 0.466 e. The van der Waals surface area contributed by atoms with E-state index in [9.17, 15) is 4.79 Å². The number of carbonyl (C=O) groups excluding carboxylic acids is 1. The average molecular weight is 384 g/mol. The Morgan fingerprint density at radius 1 is 1.29 bits per heavy atom. The molecule has 1 spiro atoms. The third kappa shape index (κ3) is 3.85. The van der Waals surface area contributed by atoms with Crippen LogP contribution in [0.15, 0.2) is 24.3 Å². The lowest BCUT2D eigenvalue weighted by molar-refractivity contribution is -0.114. The zero-order valence-electron chi connectivity index (χ0n) is 15.8. The standard InChI is InChI=1S/C19H24N6O3/c1-12(26)22-14-4-2-13(3-5-14)9-25-6-7-27-11-19(10-25)8-15-16(20)23-18(21)24-17(15)28-19/h2-5H,6-11H2,1H3,(H,22,26)(H4,20,21,23,24). The van der Waals surface area contributed by atoms with E-state index in [2.05, 4.69) is 20.2 Å². The van der Waals surface area contributed by atoms with Crippen molar-refractivity contribution in [2.24, 2.45) is 0 Å². The molecular formula is C19H24N6O3. The molecule has 4 rings (SSSR count). The van der Waals surface area contributed by atoms with Crippen molar-refractivity contribution in [2.45, 2.75) is 25.5 Å². The topological polar surface area (TPSA) is 129 Å². The number of nitrogens with two attached hydrogens (primary N) is 2. The highest BCUT2D eigenvalue weighted by Crippen LogP contribution is 2.38. The minimum absolute atomic E-state index is 0.0830. The van der Waals surface area contributed by atoms with Crippen LogP contribution in [0.1, 0.15) is 18.1 Å². The molecule has 2 aliphatic rings. The van der Waals surface area contributed by atoms with E-state index >= 15 is 0 Å². The maximum absolute atomic E-state index is 11.2. The van der Waals surface area contributed by atoms with Gasteiger partial charge in [0.1, 0.15) is 5.82 Å². The summed E-state index contributed by atoms with van der Waals surface area (Å²) in [5.41, 5.74) is 13.9. The van der Waals surface area contributed by atoms with Crippen molar-refractivity contribution in [2.75, 3.05) is 43.1 Å². The van der Waals surface area contributed by atoms with Crippen LogP contribution in [-0.4, -0.2) is 52.7 Å². The number of hydrogen-bond donors (Lipinski definition) is 3. The van der Waals surface area contributed by atoms with Gasteiger partial charge in [-0.05, 0) is 17.7 Å². The summed E-state index contributed by atoms with van der Waals surface area (Å²) in [7, 11) is 0. The molecule has 5 N–H and O–H groups in total. The van der Waals surface area contributed by atoms with Crippen molar-refractivity contribution in [1.29, 1.82) is 0 Å². The van der Waals surface area contributed by atoms with E-state index in [-0.39, 0.29) is 11.9 Å². The Morgan fingerprint density at radius 3 is 2.82 bits per heavy atom. The molecule has 1 fully saturated rings. The van der Waals surface area contributed by atoms with Gasteiger partial charge >= 0.3 is 0 Å². The Hall–Kier alpha value is -2.91. The first-order valence-corrected chi connectivity index (χ1v) is 9.20. The Morgan fingerprint density at radius 2 is 2.07 bits per heavy atom. The number of hydrogen-bond acceptors (Lipinski definition) is 8. The lowest BCUT2D eigenvalue weighted by atomic mass is 9.97. The second-order valence-corrected chi connectivity index (χ2v) is 7.35. The fraction of sp³-hybridized carbons (Fsp3) is 0.421. The fourth-order valence-corrected chi connectivity index (χ4v) is 3.75. The van der Waals surface area contributed by atoms with Crippen molar-refractivity contribution >= 4 is 23.4 Å². The predicted octanol–water partition coefficient (Wildman–Crippen LogP) is 0.806. The van der Waals surface area contributed by atoms with Gasteiger partial charge in [0.2, 0.25) is 17.7 Å². The summed E-state index contributed by atoms with van der Waals surface area (Å²) in [5, 5.41) is 2.78. The van der Waals surface area contributed by atoms with Crippen LogP contribution in [0.4, 0.5) is 17.5 Å². The monoisotopic (exact) mass is 384 g/mol. The Kier molecular flexibility index (Phi) is 4.78. The summed E-state index contributed by atoms with van der Waals surface area (Å²) in [4.78, 5) is 21.7. The number of fused-ring (bicyclic) bond motifs is 1. The second-order valence-electron chi connectivity index (χ2n) is 7.35. The number of anilines is 3. The predicted molar refractivity (Wildman–Crippen MR) is 105 cm³/mol. The lowest BCUT2D eigenvalue weighted by Crippen LogP contribution is -2.48. The number of benzene rings is 1. The highest BCUT2D eigenvalue weighted by atomic mass is 16.6. The van der Waals surface area contributed by atoms with Gasteiger partial charge in [0.15, 0.2) is 5.60 Å². The van der Waals surface area contributed by atoms with E-state index in [0.29, 0.717) is 37.9 Å². The first-order chi connectivity index (χ1) is 13.4. The molecule has 28 heavy (non-hydrogen) atoms. The Balaban J connectivity index is 1.48. The first-order valence-electron chi connectivity index (χ1n) is 9.20. The second kappa shape index (κ2) is 7.25. The molecule has 1 atom stereocenters. The summed E-state index contributed by atoms with van der Waals surface area (Å²) in [6.45, 7) is 4.78. The van der Waals surface area contributed by atoms with Crippen LogP contribution < -0.4 is 21.5 Å². The van der Waals surface area contributed by atoms with Gasteiger partial charge in [0.25, 0.3) is 0 Å². The molecule has 1 amide bonds. The lowest BCUT2D eigenvalue weighted by Gasteiger charge is -2.31. The van der Waals surface area contributed by atoms with E-state index in [1.165, 1.54) is 6.92 Å². The number of nitrogens with zero attached hydrogens (tertiary/aromatic N) is 3. The van der Waals surface area contributed by atoms with Gasteiger partial charge in [0, 0.05) is 38.7 Å². The highest BCUT2D eigenvalue weighted by molar-refractivity contribution is 5.88. The van der Waals surface area contributed by atoms with Crippen LogP contribution >= 0.6 is 0 Å². The quantitative estimate of drug-likeness (QED) is 0.709. The van der Waals surface area contributed by atoms with Crippen molar-refractivity contribution in [3.63, 3.8) is 0 Å². The number of aromatic nitrogens is 2. The normalized spacial score (nSPS) is 21.8. The zero-order chi connectivity index (χ0) is 19.7. The minimum Gasteiger partial charge on any atom is -0.466 e. The summed E-state index contributed by atoms with van der Waals surface area (Å²) < 4.78 is 12.0. The van der Waals surface area contributed by atoms with E-state index < -0.39 is 5.60 Å². The SMILES string of the molecule is CC(=O)Nc1ccc(CN2CCOCC3(Cc4c(N)nc(N)nc4O3)C2)cc1. The molecule has 1 aromatic heterocycles. The van der Waals surface area contributed by atoms with Gasteiger partial charge in [-0.3, -0.25) is 9.69 Å². The molecule has 0 bridgehead atoms. The summed E-state index contributed by atoms with van der Waals surface area (Å²) in [5.74, 6) is 0.845. The van der Waals surface area contributed by atoms with Gasteiger partial charge in [-0.15, -0.1) is 0 Å². The minimum atomic E-state index is -0.550. The van der Waals surface area contributed by atoms with Crippen LogP contribution in [0.25, 0.3) is 0 Å². The fourth-order valence-electron chi connectivity index (χ4n) is 3.75. The van der Waals surface area contributed by atoms with Gasteiger partial charge in [-0.2, -0.15) is 9.97 Å². The third-order valence-corrected chi connectivity index (χ3v) is 4.94. The number of amides is 1. The van der Waals surface area contributed by atoms with Crippen molar-refractivity contribution < 1.29 is 14.3 Å². The molecular weight excluding hydrogens is 360 g/mol. The number of carbonyl (C=O) groups is 1. The average Bonchev–Trinajstić information content (AvgIpc) is 2.86. The Labute approximate surface area is 163 Å². The molecule has 9 heteroatoms. The molecule has 0 radical (unpaired) electrons. The number of nitrogen functional groups attached to an aromatic ring is 2. The first kappa shape index (κ1) is 18.5. The van der Waals surface area contributed by atoms with Crippen molar-refractivity contribution in [1.82, 2.24) is 14.9 Å².